The van der Waals surface area contributed by atoms with Crippen molar-refractivity contribution in [2.75, 3.05) is 4.90 Å². The Kier molecular flexibility index (Phi) is 8.08. The van der Waals surface area contributed by atoms with Gasteiger partial charge >= 0.3 is 0 Å². The summed E-state index contributed by atoms with van der Waals surface area (Å²) in [6.07, 6.45) is 0. The van der Waals surface area contributed by atoms with Crippen LogP contribution in [0.5, 0.6) is 0 Å². The average Bonchev–Trinajstić information content (AvgIpc) is 4.02. The molecule has 1 nitrogen and oxygen atoms in total. The third-order valence-electron chi connectivity index (χ3n) is 16.3. The first-order valence-corrected chi connectivity index (χ1v) is 24.2. The first-order chi connectivity index (χ1) is 33.3. The molecule has 0 atom stereocenters. The highest BCUT2D eigenvalue weighted by molar-refractivity contribution is 6.00. The van der Waals surface area contributed by atoms with Gasteiger partial charge in [-0.15, -0.1) is 0 Å². The molecule has 68 heavy (non-hydrogen) atoms. The second kappa shape index (κ2) is 14.0. The summed E-state index contributed by atoms with van der Waals surface area (Å²) in [6, 6.07) is 85.0. The lowest BCUT2D eigenvalue weighted by Gasteiger charge is -2.33. The molecule has 322 valence electrons. The molecule has 0 N–H and O–H groups in total. The molecular formula is C67H49N. The Hall–Kier alpha value is -8.00. The predicted molar refractivity (Wildman–Crippen MR) is 283 cm³/mol. The molecule has 0 amide bonds. The van der Waals surface area contributed by atoms with Gasteiger partial charge in [0.15, 0.2) is 0 Å². The molecule has 0 radical (unpaired) electrons. The normalized spacial score (nSPS) is 15.1. The van der Waals surface area contributed by atoms with E-state index in [4.69, 9.17) is 0 Å². The van der Waals surface area contributed by atoms with Crippen LogP contribution in [-0.4, -0.2) is 0 Å². The Morgan fingerprint density at radius 1 is 0.265 bits per heavy atom. The summed E-state index contributed by atoms with van der Waals surface area (Å²) in [5.41, 5.74) is 29.0. The Morgan fingerprint density at radius 2 is 0.691 bits per heavy atom. The minimum Gasteiger partial charge on any atom is -0.310 e. The number of hydrogen-bond acceptors (Lipinski definition) is 1. The highest BCUT2D eigenvalue weighted by Crippen LogP contribution is 2.64. The van der Waals surface area contributed by atoms with Crippen LogP contribution in [0.15, 0.2) is 224 Å². The van der Waals surface area contributed by atoms with Crippen LogP contribution in [0.3, 0.4) is 0 Å². The molecule has 0 fully saturated rings. The van der Waals surface area contributed by atoms with Gasteiger partial charge in [-0.05, 0) is 142 Å². The lowest BCUT2D eigenvalue weighted by Crippen LogP contribution is -2.26. The maximum atomic E-state index is 2.54. The molecule has 1 heteroatoms. The van der Waals surface area contributed by atoms with Crippen molar-refractivity contribution in [1.29, 1.82) is 0 Å². The van der Waals surface area contributed by atoms with E-state index in [9.17, 15) is 0 Å². The van der Waals surface area contributed by atoms with Crippen molar-refractivity contribution >= 4 is 17.1 Å². The molecule has 0 aliphatic heterocycles. The van der Waals surface area contributed by atoms with Crippen molar-refractivity contribution in [2.24, 2.45) is 0 Å². The van der Waals surface area contributed by atoms with Crippen LogP contribution in [0.25, 0.3) is 66.8 Å². The van der Waals surface area contributed by atoms with Crippen LogP contribution in [0.2, 0.25) is 0 Å². The second-order valence-corrected chi connectivity index (χ2v) is 20.3. The molecule has 4 aliphatic rings. The Bertz CT molecular complexity index is 3700. The first-order valence-electron chi connectivity index (χ1n) is 24.2. The number of rotatable bonds is 5. The zero-order valence-electron chi connectivity index (χ0n) is 38.8. The fraction of sp³-hybridized carbons (Fsp3) is 0.104. The van der Waals surface area contributed by atoms with Crippen molar-refractivity contribution in [1.82, 2.24) is 0 Å². The number of hydrogen-bond donors (Lipinski definition) is 0. The maximum Gasteiger partial charge on any atom is 0.0726 e. The summed E-state index contributed by atoms with van der Waals surface area (Å²) >= 11 is 0. The Morgan fingerprint density at radius 3 is 1.35 bits per heavy atom. The second-order valence-electron chi connectivity index (χ2n) is 20.3. The first kappa shape index (κ1) is 39.2. The zero-order valence-corrected chi connectivity index (χ0v) is 38.8. The molecule has 0 unspecified atom stereocenters. The van der Waals surface area contributed by atoms with Crippen LogP contribution in [0, 0.1) is 0 Å². The lowest BCUT2D eigenvalue weighted by molar-refractivity contribution is 0.660. The summed E-state index contributed by atoms with van der Waals surface area (Å²) in [4.78, 5) is 2.54. The fourth-order valence-corrected chi connectivity index (χ4v) is 13.2. The fourth-order valence-electron chi connectivity index (χ4n) is 13.2. The SMILES string of the molecule is CC1(C)c2ccccc2-c2ccc(-c3cccc(N(c4ccc5c(c4)C4(c6ccccc6-c6ccccc64)c4ccccc4-5)c4ccccc4-c4cccc5c4-c4ccccc4C5(C)C)c3)cc21. The largest absolute Gasteiger partial charge is 0.310 e. The topological polar surface area (TPSA) is 3.24 Å². The van der Waals surface area contributed by atoms with Gasteiger partial charge in [0, 0.05) is 27.8 Å². The van der Waals surface area contributed by atoms with E-state index in [1.54, 1.807) is 0 Å². The molecule has 10 aromatic rings. The minimum atomic E-state index is -0.466. The molecule has 0 saturated carbocycles. The molecule has 0 aromatic heterocycles. The van der Waals surface area contributed by atoms with E-state index in [2.05, 4.69) is 257 Å². The molecule has 14 rings (SSSR count). The number of para-hydroxylation sites is 1. The summed E-state index contributed by atoms with van der Waals surface area (Å²) in [5, 5.41) is 0. The van der Waals surface area contributed by atoms with Crippen molar-refractivity contribution in [3.05, 3.63) is 269 Å². The molecule has 0 saturated heterocycles. The van der Waals surface area contributed by atoms with E-state index in [1.807, 2.05) is 0 Å². The summed E-state index contributed by atoms with van der Waals surface area (Å²) in [5.74, 6) is 0. The molecule has 1 spiro atoms. The number of anilines is 3. The molecular weight excluding hydrogens is 819 g/mol. The van der Waals surface area contributed by atoms with E-state index in [0.717, 1.165) is 17.1 Å². The molecule has 0 heterocycles. The van der Waals surface area contributed by atoms with Gasteiger partial charge in [-0.3, -0.25) is 0 Å². The van der Waals surface area contributed by atoms with E-state index in [1.165, 1.54) is 111 Å². The van der Waals surface area contributed by atoms with Crippen LogP contribution in [0.4, 0.5) is 17.1 Å². The van der Waals surface area contributed by atoms with E-state index >= 15 is 0 Å². The smallest absolute Gasteiger partial charge is 0.0726 e. The molecule has 10 aromatic carbocycles. The lowest BCUT2D eigenvalue weighted by atomic mass is 9.70. The van der Waals surface area contributed by atoms with Gasteiger partial charge in [0.05, 0.1) is 11.1 Å². The van der Waals surface area contributed by atoms with E-state index in [-0.39, 0.29) is 10.8 Å². The third-order valence-corrected chi connectivity index (χ3v) is 16.3. The Balaban J connectivity index is 1.02. The van der Waals surface area contributed by atoms with Crippen LogP contribution < -0.4 is 4.90 Å². The monoisotopic (exact) mass is 867 g/mol. The standard InChI is InChI=1S/C67H49N/c1-65(2)56-29-12-9-26-54(56)64-53(27-18-33-60(64)65)52-25-10-16-34-63(52)68(44-20-17-19-42(39-44)43-35-37-50-46-21-5-11-28-55(46)66(3,4)61(50)40-43)45-36-38-51-49-24-8-15-32-59(49)67(62(51)41-45)57-30-13-6-22-47(57)48-23-7-14-31-58(48)67/h5-41H,1-4H3. The quantitative estimate of drug-likeness (QED) is 0.167. The summed E-state index contributed by atoms with van der Waals surface area (Å²) in [6.45, 7) is 9.50. The maximum absolute atomic E-state index is 2.54. The van der Waals surface area contributed by atoms with Gasteiger partial charge in [-0.2, -0.15) is 0 Å². The van der Waals surface area contributed by atoms with Crippen molar-refractivity contribution < 1.29 is 0 Å². The zero-order chi connectivity index (χ0) is 45.5. The van der Waals surface area contributed by atoms with Crippen LogP contribution in [-0.2, 0) is 16.2 Å². The van der Waals surface area contributed by atoms with E-state index < -0.39 is 5.41 Å². The van der Waals surface area contributed by atoms with Gasteiger partial charge in [0.2, 0.25) is 0 Å². The average molecular weight is 868 g/mol. The van der Waals surface area contributed by atoms with Crippen molar-refractivity contribution in [3.8, 4) is 66.8 Å². The molecule has 0 bridgehead atoms. The van der Waals surface area contributed by atoms with Gasteiger partial charge in [0.1, 0.15) is 0 Å². The number of fused-ring (bicyclic) bond motifs is 16. The van der Waals surface area contributed by atoms with Gasteiger partial charge in [-0.25, -0.2) is 0 Å². The van der Waals surface area contributed by atoms with Crippen molar-refractivity contribution in [3.63, 3.8) is 0 Å². The van der Waals surface area contributed by atoms with Crippen molar-refractivity contribution in [2.45, 2.75) is 43.9 Å². The van der Waals surface area contributed by atoms with Gasteiger partial charge < -0.3 is 4.90 Å². The third kappa shape index (κ3) is 5.11. The van der Waals surface area contributed by atoms with Crippen LogP contribution in [0.1, 0.15) is 72.2 Å². The van der Waals surface area contributed by atoms with Gasteiger partial charge in [0.25, 0.3) is 0 Å². The highest BCUT2D eigenvalue weighted by Gasteiger charge is 2.52. The van der Waals surface area contributed by atoms with Gasteiger partial charge in [-0.1, -0.05) is 216 Å². The number of benzene rings is 10. The highest BCUT2D eigenvalue weighted by atomic mass is 15.1. The van der Waals surface area contributed by atoms with E-state index in [0.29, 0.717) is 0 Å². The minimum absolute atomic E-state index is 0.0942. The molecule has 4 aliphatic carbocycles. The number of nitrogens with zero attached hydrogens (tertiary/aromatic N) is 1. The summed E-state index contributed by atoms with van der Waals surface area (Å²) in [7, 11) is 0. The predicted octanol–water partition coefficient (Wildman–Crippen LogP) is 17.4. The summed E-state index contributed by atoms with van der Waals surface area (Å²) < 4.78 is 0. The van der Waals surface area contributed by atoms with Crippen LogP contribution >= 0.6 is 0 Å². The Labute approximate surface area is 399 Å².